The molecule has 31 heavy (non-hydrogen) atoms. The SMILES string of the molecule is CN1CCC(N2CCC(C(=O)Cc3cc4cc(-c5cnco5)cnc4cn3)CC2)CC1. The summed E-state index contributed by atoms with van der Waals surface area (Å²) < 4.78 is 5.37. The maximum absolute atomic E-state index is 13.0. The first-order chi connectivity index (χ1) is 15.2. The van der Waals surface area contributed by atoms with Crippen LogP contribution in [0.3, 0.4) is 0 Å². The number of carbonyl (C=O) groups is 1. The fourth-order valence-corrected chi connectivity index (χ4v) is 4.94. The van der Waals surface area contributed by atoms with E-state index in [4.69, 9.17) is 4.42 Å². The number of hydrogen-bond acceptors (Lipinski definition) is 7. The molecular weight excluding hydrogens is 390 g/mol. The Morgan fingerprint density at radius 1 is 1.03 bits per heavy atom. The van der Waals surface area contributed by atoms with Crippen molar-refractivity contribution < 1.29 is 9.21 Å². The first kappa shape index (κ1) is 20.3. The highest BCUT2D eigenvalue weighted by Crippen LogP contribution is 2.26. The quantitative estimate of drug-likeness (QED) is 0.629. The van der Waals surface area contributed by atoms with Crippen molar-refractivity contribution in [1.82, 2.24) is 24.8 Å². The summed E-state index contributed by atoms with van der Waals surface area (Å²) in [6, 6.07) is 4.69. The van der Waals surface area contributed by atoms with Gasteiger partial charge >= 0.3 is 0 Å². The van der Waals surface area contributed by atoms with Crippen LogP contribution >= 0.6 is 0 Å². The van der Waals surface area contributed by atoms with Crippen LogP contribution in [-0.4, -0.2) is 69.8 Å². The summed E-state index contributed by atoms with van der Waals surface area (Å²) in [5, 5.41) is 0.962. The Bertz CT molecular complexity index is 1040. The van der Waals surface area contributed by atoms with E-state index < -0.39 is 0 Å². The zero-order chi connectivity index (χ0) is 21.2. The third-order valence-electron chi connectivity index (χ3n) is 6.89. The Kier molecular flexibility index (Phi) is 5.78. The number of carbonyl (C=O) groups excluding carboxylic acids is 1. The molecule has 0 aliphatic carbocycles. The molecule has 5 rings (SSSR count). The Labute approximate surface area is 182 Å². The Morgan fingerprint density at radius 3 is 2.58 bits per heavy atom. The molecule has 2 aliphatic heterocycles. The normalized spacial score (nSPS) is 19.8. The van der Waals surface area contributed by atoms with Crippen molar-refractivity contribution >= 4 is 16.7 Å². The molecule has 0 unspecified atom stereocenters. The Balaban J connectivity index is 1.21. The predicted molar refractivity (Wildman–Crippen MR) is 119 cm³/mol. The highest BCUT2D eigenvalue weighted by atomic mass is 16.3. The molecule has 0 N–H and O–H groups in total. The number of fused-ring (bicyclic) bond motifs is 1. The number of piperidine rings is 2. The molecule has 7 nitrogen and oxygen atoms in total. The van der Waals surface area contributed by atoms with E-state index in [1.807, 2.05) is 12.1 Å². The standard InChI is InChI=1S/C24H29N5O2/c1-28-6-4-21(5-7-28)29-8-2-17(3-9-29)23(30)12-20-11-18-10-19(24-15-25-16-31-24)13-27-22(18)14-26-20/h10-11,13-17,21H,2-9,12H2,1H3. The van der Waals surface area contributed by atoms with E-state index in [0.29, 0.717) is 24.0 Å². The van der Waals surface area contributed by atoms with Gasteiger partial charge in [-0.25, -0.2) is 4.98 Å². The Hall–Kier alpha value is -2.64. The number of nitrogens with zero attached hydrogens (tertiary/aromatic N) is 5. The van der Waals surface area contributed by atoms with Crippen molar-refractivity contribution in [3.63, 3.8) is 0 Å². The van der Waals surface area contributed by atoms with Crippen molar-refractivity contribution in [2.75, 3.05) is 33.2 Å². The number of rotatable bonds is 5. The van der Waals surface area contributed by atoms with Crippen LogP contribution in [0.4, 0.5) is 0 Å². The summed E-state index contributed by atoms with van der Waals surface area (Å²) in [4.78, 5) is 30.9. The fraction of sp³-hybridized carbons (Fsp3) is 0.500. The molecule has 5 heterocycles. The second-order valence-corrected chi connectivity index (χ2v) is 8.95. The van der Waals surface area contributed by atoms with Gasteiger partial charge in [0.15, 0.2) is 12.2 Å². The lowest BCUT2D eigenvalue weighted by Crippen LogP contribution is -2.47. The van der Waals surface area contributed by atoms with Gasteiger partial charge in [-0.15, -0.1) is 0 Å². The van der Waals surface area contributed by atoms with Crippen molar-refractivity contribution in [2.45, 2.75) is 38.1 Å². The molecule has 2 fully saturated rings. The number of Topliss-reactive ketones (excluding diaryl/α,β-unsaturated/α-hetero) is 1. The summed E-state index contributed by atoms with van der Waals surface area (Å²) in [5.41, 5.74) is 2.49. The van der Waals surface area contributed by atoms with Gasteiger partial charge in [-0.3, -0.25) is 14.8 Å². The summed E-state index contributed by atoms with van der Waals surface area (Å²) in [7, 11) is 2.20. The minimum absolute atomic E-state index is 0.152. The molecule has 3 aromatic rings. The van der Waals surface area contributed by atoms with Crippen LogP contribution < -0.4 is 0 Å². The van der Waals surface area contributed by atoms with Crippen LogP contribution in [0.5, 0.6) is 0 Å². The minimum Gasteiger partial charge on any atom is -0.443 e. The molecule has 2 aliphatic rings. The van der Waals surface area contributed by atoms with E-state index in [0.717, 1.165) is 48.1 Å². The van der Waals surface area contributed by atoms with Gasteiger partial charge < -0.3 is 14.2 Å². The predicted octanol–water partition coefficient (Wildman–Crippen LogP) is 3.20. The lowest BCUT2D eigenvalue weighted by atomic mass is 9.88. The van der Waals surface area contributed by atoms with Crippen molar-refractivity contribution in [3.8, 4) is 11.3 Å². The number of aromatic nitrogens is 3. The van der Waals surface area contributed by atoms with Crippen LogP contribution in [0.2, 0.25) is 0 Å². The zero-order valence-corrected chi connectivity index (χ0v) is 18.0. The minimum atomic E-state index is 0.152. The van der Waals surface area contributed by atoms with Gasteiger partial charge in [0.25, 0.3) is 0 Å². The van der Waals surface area contributed by atoms with Crippen LogP contribution in [0.25, 0.3) is 22.2 Å². The number of likely N-dealkylation sites (tertiary alicyclic amines) is 2. The van der Waals surface area contributed by atoms with Gasteiger partial charge in [0.1, 0.15) is 5.78 Å². The molecular formula is C24H29N5O2. The van der Waals surface area contributed by atoms with E-state index in [1.54, 1.807) is 18.6 Å². The smallest absolute Gasteiger partial charge is 0.181 e. The summed E-state index contributed by atoms with van der Waals surface area (Å²) in [6.07, 6.45) is 11.4. The van der Waals surface area contributed by atoms with Gasteiger partial charge in [-0.1, -0.05) is 0 Å². The summed E-state index contributed by atoms with van der Waals surface area (Å²) in [6.45, 7) is 4.45. The zero-order valence-electron chi connectivity index (χ0n) is 18.0. The van der Waals surface area contributed by atoms with Gasteiger partial charge in [0.05, 0.1) is 17.9 Å². The average molecular weight is 420 g/mol. The largest absolute Gasteiger partial charge is 0.443 e. The first-order valence-electron chi connectivity index (χ1n) is 11.2. The van der Waals surface area contributed by atoms with Gasteiger partial charge in [-0.2, -0.15) is 0 Å². The molecule has 0 spiro atoms. The molecule has 7 heteroatoms. The number of ketones is 1. The van der Waals surface area contributed by atoms with E-state index in [1.165, 1.54) is 32.3 Å². The van der Waals surface area contributed by atoms with Crippen LogP contribution in [0.15, 0.2) is 41.5 Å². The first-order valence-corrected chi connectivity index (χ1v) is 11.2. The Morgan fingerprint density at radius 2 is 1.84 bits per heavy atom. The monoisotopic (exact) mass is 419 g/mol. The number of hydrogen-bond donors (Lipinski definition) is 0. The van der Waals surface area contributed by atoms with Crippen molar-refractivity contribution in [3.05, 3.63) is 42.8 Å². The maximum atomic E-state index is 13.0. The molecule has 0 saturated carbocycles. The lowest BCUT2D eigenvalue weighted by Gasteiger charge is -2.40. The second kappa shape index (κ2) is 8.85. The van der Waals surface area contributed by atoms with Crippen molar-refractivity contribution in [1.29, 1.82) is 0 Å². The molecule has 2 saturated heterocycles. The molecule has 0 atom stereocenters. The molecule has 0 radical (unpaired) electrons. The van der Waals surface area contributed by atoms with Crippen molar-refractivity contribution in [2.24, 2.45) is 5.92 Å². The van der Waals surface area contributed by atoms with E-state index in [2.05, 4.69) is 31.8 Å². The van der Waals surface area contributed by atoms with Crippen LogP contribution in [-0.2, 0) is 11.2 Å². The van der Waals surface area contributed by atoms with Crippen LogP contribution in [0.1, 0.15) is 31.4 Å². The summed E-state index contributed by atoms with van der Waals surface area (Å²) >= 11 is 0. The molecule has 162 valence electrons. The highest BCUT2D eigenvalue weighted by molar-refractivity contribution is 5.86. The lowest BCUT2D eigenvalue weighted by molar-refractivity contribution is -0.124. The van der Waals surface area contributed by atoms with Gasteiger partial charge in [-0.05, 0) is 71.0 Å². The third-order valence-corrected chi connectivity index (χ3v) is 6.89. The summed E-state index contributed by atoms with van der Waals surface area (Å²) in [5.74, 6) is 1.15. The molecule has 0 amide bonds. The molecule has 0 bridgehead atoms. The number of pyridine rings is 2. The maximum Gasteiger partial charge on any atom is 0.181 e. The van der Waals surface area contributed by atoms with Crippen LogP contribution in [0, 0.1) is 5.92 Å². The topological polar surface area (TPSA) is 75.4 Å². The third kappa shape index (κ3) is 4.52. The van der Waals surface area contributed by atoms with E-state index >= 15 is 0 Å². The average Bonchev–Trinajstić information content (AvgIpc) is 3.34. The van der Waals surface area contributed by atoms with E-state index in [9.17, 15) is 4.79 Å². The van der Waals surface area contributed by atoms with Gasteiger partial charge in [0, 0.05) is 41.2 Å². The van der Waals surface area contributed by atoms with E-state index in [-0.39, 0.29) is 5.92 Å². The fourth-order valence-electron chi connectivity index (χ4n) is 4.94. The molecule has 3 aromatic heterocycles. The molecule has 0 aromatic carbocycles. The second-order valence-electron chi connectivity index (χ2n) is 8.95. The van der Waals surface area contributed by atoms with Gasteiger partial charge in [0.2, 0.25) is 0 Å². The highest BCUT2D eigenvalue weighted by Gasteiger charge is 2.30. The number of oxazole rings is 1.